The fraction of sp³-hybridized carbons (Fsp3) is 0.929. The van der Waals surface area contributed by atoms with Crippen LogP contribution in [-0.4, -0.2) is 30.2 Å². The summed E-state index contributed by atoms with van der Waals surface area (Å²) >= 11 is 0. The third kappa shape index (κ3) is 4.38. The number of hydrogen-bond donors (Lipinski definition) is 0. The minimum atomic E-state index is -4.02. The van der Waals surface area contributed by atoms with Crippen LogP contribution in [0.3, 0.4) is 0 Å². The predicted molar refractivity (Wildman–Crippen MR) is 68.4 cm³/mol. The monoisotopic (exact) mass is 276 g/mol. The highest BCUT2D eigenvalue weighted by atomic mass is 19.4. The van der Waals surface area contributed by atoms with Crippen LogP contribution in [-0.2, 0) is 0 Å². The second-order valence-electron chi connectivity index (χ2n) is 5.23. The molecule has 1 saturated heterocycles. The fourth-order valence-corrected chi connectivity index (χ4v) is 2.86. The minimum Gasteiger partial charge on any atom is -0.299 e. The maximum Gasteiger partial charge on any atom is 0.394 e. The Hall–Kier alpha value is -0.760. The Bertz CT molecular complexity index is 295. The van der Waals surface area contributed by atoms with Gasteiger partial charge in [0, 0.05) is 25.6 Å². The molecule has 0 radical (unpaired) electrons. The van der Waals surface area contributed by atoms with Gasteiger partial charge < -0.3 is 0 Å². The van der Waals surface area contributed by atoms with E-state index in [0.717, 1.165) is 25.7 Å². The topological polar surface area (TPSA) is 27.0 Å². The summed E-state index contributed by atoms with van der Waals surface area (Å²) in [6, 6.07) is 2.50. The van der Waals surface area contributed by atoms with Crippen LogP contribution in [0.25, 0.3) is 0 Å². The van der Waals surface area contributed by atoms with Crippen molar-refractivity contribution < 1.29 is 13.2 Å². The molecule has 110 valence electrons. The van der Waals surface area contributed by atoms with Gasteiger partial charge in [-0.15, -0.1) is 0 Å². The van der Waals surface area contributed by atoms with Gasteiger partial charge in [-0.2, -0.15) is 18.4 Å². The van der Waals surface area contributed by atoms with Crippen molar-refractivity contribution in [3.63, 3.8) is 0 Å². The number of nitriles is 1. The van der Waals surface area contributed by atoms with Crippen molar-refractivity contribution >= 4 is 0 Å². The maximum atomic E-state index is 12.3. The molecule has 5 heteroatoms. The Morgan fingerprint density at radius 1 is 1.11 bits per heavy atom. The van der Waals surface area contributed by atoms with E-state index in [0.29, 0.717) is 18.4 Å². The lowest BCUT2D eigenvalue weighted by Gasteiger charge is -2.46. The molecule has 2 fully saturated rings. The van der Waals surface area contributed by atoms with E-state index in [1.54, 1.807) is 0 Å². The van der Waals surface area contributed by atoms with E-state index < -0.39 is 12.1 Å². The number of alkyl halides is 3. The van der Waals surface area contributed by atoms with Gasteiger partial charge in [0.05, 0.1) is 12.0 Å². The molecule has 19 heavy (non-hydrogen) atoms. The van der Waals surface area contributed by atoms with Gasteiger partial charge in [0.25, 0.3) is 0 Å². The van der Waals surface area contributed by atoms with E-state index in [1.165, 1.54) is 0 Å². The number of nitrogens with zero attached hydrogens (tertiary/aromatic N) is 2. The average molecular weight is 276 g/mol. The number of rotatable bonds is 2. The molecule has 0 N–H and O–H groups in total. The molecule has 0 amide bonds. The highest BCUT2D eigenvalue weighted by Crippen LogP contribution is 2.38. The number of likely N-dealkylation sites (tertiary alicyclic amines) is 1. The van der Waals surface area contributed by atoms with E-state index >= 15 is 0 Å². The summed E-state index contributed by atoms with van der Waals surface area (Å²) < 4.78 is 37.0. The van der Waals surface area contributed by atoms with Crippen molar-refractivity contribution in [3.8, 4) is 6.07 Å². The predicted octanol–water partition coefficient (Wildman–Crippen LogP) is 3.98. The first-order chi connectivity index (χ1) is 9.00. The van der Waals surface area contributed by atoms with Crippen LogP contribution in [0.1, 0.15) is 46.0 Å². The molecule has 1 aliphatic heterocycles. The van der Waals surface area contributed by atoms with Crippen molar-refractivity contribution in [2.45, 2.75) is 58.2 Å². The van der Waals surface area contributed by atoms with Crippen molar-refractivity contribution in [3.05, 3.63) is 0 Å². The third-order valence-corrected chi connectivity index (χ3v) is 4.09. The fourth-order valence-electron chi connectivity index (χ4n) is 2.86. The zero-order valence-corrected chi connectivity index (χ0v) is 11.7. The smallest absolute Gasteiger partial charge is 0.299 e. The van der Waals surface area contributed by atoms with Crippen LogP contribution in [0, 0.1) is 23.2 Å². The van der Waals surface area contributed by atoms with Gasteiger partial charge in [-0.3, -0.25) is 4.90 Å². The van der Waals surface area contributed by atoms with Crippen LogP contribution in [0.15, 0.2) is 0 Å². The van der Waals surface area contributed by atoms with Crippen molar-refractivity contribution in [2.75, 3.05) is 13.1 Å². The van der Waals surface area contributed by atoms with Crippen LogP contribution in [0.2, 0.25) is 0 Å². The molecule has 2 aliphatic rings. The Morgan fingerprint density at radius 3 is 2.05 bits per heavy atom. The van der Waals surface area contributed by atoms with Crippen LogP contribution in [0.4, 0.5) is 13.2 Å². The van der Waals surface area contributed by atoms with Gasteiger partial charge in [-0.05, 0) is 31.6 Å². The molecule has 2 rings (SSSR count). The van der Waals surface area contributed by atoms with E-state index in [1.807, 2.05) is 18.7 Å². The molecule has 0 unspecified atom stereocenters. The Kier molecular flexibility index (Phi) is 6.12. The van der Waals surface area contributed by atoms with Crippen LogP contribution >= 0.6 is 0 Å². The first-order valence-corrected chi connectivity index (χ1v) is 7.18. The molecule has 0 bridgehead atoms. The SMILES string of the molecule is CC.N#CCC1CCC(N2CC(C(F)(F)F)C2)CC1. The Morgan fingerprint density at radius 2 is 1.63 bits per heavy atom. The van der Waals surface area contributed by atoms with Crippen molar-refractivity contribution in [1.82, 2.24) is 4.90 Å². The summed E-state index contributed by atoms with van der Waals surface area (Å²) in [6.07, 6.45) is 0.469. The molecule has 0 atom stereocenters. The Labute approximate surface area is 113 Å². The molecule has 0 aromatic rings. The molecule has 0 aromatic carbocycles. The summed E-state index contributed by atoms with van der Waals surface area (Å²) in [5, 5.41) is 8.59. The lowest BCUT2D eigenvalue weighted by Crippen LogP contribution is -2.57. The number of halogens is 3. The molecule has 0 aromatic heterocycles. The summed E-state index contributed by atoms with van der Waals surface area (Å²) in [7, 11) is 0. The van der Waals surface area contributed by atoms with E-state index in [2.05, 4.69) is 6.07 Å². The normalized spacial score (nSPS) is 28.8. The van der Waals surface area contributed by atoms with Gasteiger partial charge in [0.2, 0.25) is 0 Å². The summed E-state index contributed by atoms with van der Waals surface area (Å²) in [5.41, 5.74) is 0. The number of hydrogen-bond acceptors (Lipinski definition) is 2. The maximum absolute atomic E-state index is 12.3. The van der Waals surface area contributed by atoms with E-state index in [9.17, 15) is 13.2 Å². The second-order valence-corrected chi connectivity index (χ2v) is 5.23. The summed E-state index contributed by atoms with van der Waals surface area (Å²) in [6.45, 7) is 4.36. The summed E-state index contributed by atoms with van der Waals surface area (Å²) in [4.78, 5) is 1.96. The van der Waals surface area contributed by atoms with Crippen LogP contribution < -0.4 is 0 Å². The highest BCUT2D eigenvalue weighted by Gasteiger charge is 2.48. The molecule has 1 aliphatic carbocycles. The Balaban J connectivity index is 0.000000861. The molecular formula is C14H23F3N2. The second kappa shape index (κ2) is 7.14. The molecular weight excluding hydrogens is 253 g/mol. The summed E-state index contributed by atoms with van der Waals surface area (Å²) in [5.74, 6) is -0.643. The molecule has 1 saturated carbocycles. The van der Waals surface area contributed by atoms with Crippen molar-refractivity contribution in [1.29, 1.82) is 5.26 Å². The van der Waals surface area contributed by atoms with E-state index in [4.69, 9.17) is 5.26 Å². The van der Waals surface area contributed by atoms with Gasteiger partial charge >= 0.3 is 6.18 Å². The van der Waals surface area contributed by atoms with E-state index in [-0.39, 0.29) is 13.1 Å². The average Bonchev–Trinajstić information content (AvgIpc) is 2.31. The highest BCUT2D eigenvalue weighted by molar-refractivity contribution is 4.92. The quantitative estimate of drug-likeness (QED) is 0.762. The van der Waals surface area contributed by atoms with Gasteiger partial charge in [0.15, 0.2) is 0 Å². The van der Waals surface area contributed by atoms with Gasteiger partial charge in [0.1, 0.15) is 0 Å². The molecule has 0 spiro atoms. The van der Waals surface area contributed by atoms with Gasteiger partial charge in [-0.1, -0.05) is 13.8 Å². The first kappa shape index (κ1) is 16.3. The molecule has 1 heterocycles. The first-order valence-electron chi connectivity index (χ1n) is 7.18. The van der Waals surface area contributed by atoms with Gasteiger partial charge in [-0.25, -0.2) is 0 Å². The van der Waals surface area contributed by atoms with Crippen LogP contribution in [0.5, 0.6) is 0 Å². The lowest BCUT2D eigenvalue weighted by atomic mass is 9.82. The lowest BCUT2D eigenvalue weighted by molar-refractivity contribution is -0.215. The van der Waals surface area contributed by atoms with Crippen molar-refractivity contribution in [2.24, 2.45) is 11.8 Å². The molecule has 2 nitrogen and oxygen atoms in total. The zero-order valence-electron chi connectivity index (χ0n) is 11.7. The third-order valence-electron chi connectivity index (χ3n) is 4.09. The standard InChI is InChI=1S/C12H17F3N2.C2H6/c13-12(14,15)10-7-17(8-10)11-3-1-9(2-4-11)5-6-16;1-2/h9-11H,1-5,7-8H2;1-2H3. The minimum absolute atomic E-state index is 0.178. The zero-order chi connectivity index (χ0) is 14.5. The largest absolute Gasteiger partial charge is 0.394 e.